The Labute approximate surface area is 132 Å². The summed E-state index contributed by atoms with van der Waals surface area (Å²) in [4.78, 5) is 0. The summed E-state index contributed by atoms with van der Waals surface area (Å²) < 4.78 is 2.83. The maximum atomic E-state index is 10.6. The average molecular weight is 345 g/mol. The lowest BCUT2D eigenvalue weighted by Crippen LogP contribution is -2.04. The van der Waals surface area contributed by atoms with Crippen LogP contribution in [-0.2, 0) is 13.5 Å². The van der Waals surface area contributed by atoms with Gasteiger partial charge in [0.15, 0.2) is 0 Å². The van der Waals surface area contributed by atoms with Gasteiger partial charge in [-0.1, -0.05) is 52.3 Å². The molecular weight excluding hydrogens is 328 g/mol. The molecule has 0 bridgehead atoms. The van der Waals surface area contributed by atoms with Crippen LogP contribution < -0.4 is 0 Å². The standard InChI is InChI=1S/C17H17BrN2O/c1-11-6-5-8-13(17(11)18)16(21)10-14-12-7-3-4-9-15(12)20(2)19-14/h3-9,16,21H,10H2,1-2H3. The molecule has 0 aliphatic heterocycles. The van der Waals surface area contributed by atoms with Gasteiger partial charge in [-0.25, -0.2) is 0 Å². The van der Waals surface area contributed by atoms with Gasteiger partial charge in [-0.05, 0) is 24.1 Å². The van der Waals surface area contributed by atoms with Gasteiger partial charge < -0.3 is 5.11 Å². The molecule has 3 aromatic rings. The number of halogens is 1. The molecule has 0 fully saturated rings. The number of benzene rings is 2. The van der Waals surface area contributed by atoms with E-state index in [1.165, 1.54) is 0 Å². The van der Waals surface area contributed by atoms with Crippen molar-refractivity contribution in [3.63, 3.8) is 0 Å². The molecule has 1 unspecified atom stereocenters. The fraction of sp³-hybridized carbons (Fsp3) is 0.235. The van der Waals surface area contributed by atoms with E-state index in [4.69, 9.17) is 0 Å². The van der Waals surface area contributed by atoms with Crippen molar-refractivity contribution in [3.05, 3.63) is 63.8 Å². The Morgan fingerprint density at radius 1 is 1.19 bits per heavy atom. The molecule has 0 aliphatic carbocycles. The SMILES string of the molecule is Cc1cccc(C(O)Cc2nn(C)c3ccccc23)c1Br. The maximum Gasteiger partial charge on any atom is 0.0857 e. The van der Waals surface area contributed by atoms with E-state index in [0.717, 1.165) is 32.2 Å². The minimum atomic E-state index is -0.572. The van der Waals surface area contributed by atoms with Crippen molar-refractivity contribution in [1.29, 1.82) is 0 Å². The number of rotatable bonds is 3. The molecule has 3 rings (SSSR count). The molecule has 1 atom stereocenters. The van der Waals surface area contributed by atoms with Crippen LogP contribution in [0.3, 0.4) is 0 Å². The number of aliphatic hydroxyl groups excluding tert-OH is 1. The Hall–Kier alpha value is -1.65. The minimum Gasteiger partial charge on any atom is -0.388 e. The van der Waals surface area contributed by atoms with Gasteiger partial charge in [0, 0.05) is 23.3 Å². The van der Waals surface area contributed by atoms with Crippen LogP contribution in [0, 0.1) is 6.92 Å². The highest BCUT2D eigenvalue weighted by molar-refractivity contribution is 9.10. The topological polar surface area (TPSA) is 38.1 Å². The Bertz CT molecular complexity index is 795. The van der Waals surface area contributed by atoms with Crippen LogP contribution in [0.2, 0.25) is 0 Å². The molecule has 1 aromatic heterocycles. The number of nitrogens with zero attached hydrogens (tertiary/aromatic N) is 2. The quantitative estimate of drug-likeness (QED) is 0.781. The minimum absolute atomic E-state index is 0.503. The first-order valence-corrected chi connectivity index (χ1v) is 7.71. The monoisotopic (exact) mass is 344 g/mol. The molecule has 0 spiro atoms. The predicted octanol–water partition coefficient (Wildman–Crippen LogP) is 3.92. The van der Waals surface area contributed by atoms with Crippen LogP contribution in [-0.4, -0.2) is 14.9 Å². The molecule has 0 saturated heterocycles. The second kappa shape index (κ2) is 5.62. The van der Waals surface area contributed by atoms with E-state index >= 15 is 0 Å². The van der Waals surface area contributed by atoms with Crippen LogP contribution in [0.25, 0.3) is 10.9 Å². The third kappa shape index (κ3) is 2.61. The van der Waals surface area contributed by atoms with Crippen LogP contribution >= 0.6 is 15.9 Å². The first-order chi connectivity index (χ1) is 10.1. The lowest BCUT2D eigenvalue weighted by molar-refractivity contribution is 0.176. The highest BCUT2D eigenvalue weighted by Crippen LogP contribution is 2.30. The summed E-state index contributed by atoms with van der Waals surface area (Å²) in [6, 6.07) is 14.0. The van der Waals surface area contributed by atoms with E-state index in [0.29, 0.717) is 6.42 Å². The third-order valence-electron chi connectivity index (χ3n) is 3.80. The van der Waals surface area contributed by atoms with Crippen molar-refractivity contribution in [3.8, 4) is 0 Å². The lowest BCUT2D eigenvalue weighted by Gasteiger charge is -2.13. The Morgan fingerprint density at radius 2 is 1.95 bits per heavy atom. The average Bonchev–Trinajstić information content (AvgIpc) is 2.79. The van der Waals surface area contributed by atoms with Crippen molar-refractivity contribution in [2.24, 2.45) is 7.05 Å². The number of hydrogen-bond acceptors (Lipinski definition) is 2. The Morgan fingerprint density at radius 3 is 2.76 bits per heavy atom. The van der Waals surface area contributed by atoms with Gasteiger partial charge in [0.1, 0.15) is 0 Å². The van der Waals surface area contributed by atoms with Crippen molar-refractivity contribution in [1.82, 2.24) is 9.78 Å². The first-order valence-electron chi connectivity index (χ1n) is 6.91. The highest BCUT2D eigenvalue weighted by atomic mass is 79.9. The highest BCUT2D eigenvalue weighted by Gasteiger charge is 2.17. The van der Waals surface area contributed by atoms with Gasteiger partial charge in [0.2, 0.25) is 0 Å². The van der Waals surface area contributed by atoms with Gasteiger partial charge in [-0.3, -0.25) is 4.68 Å². The summed E-state index contributed by atoms with van der Waals surface area (Å²) in [5.41, 5.74) is 4.04. The fourth-order valence-electron chi connectivity index (χ4n) is 2.66. The second-order valence-corrected chi connectivity index (χ2v) is 6.08. The normalized spacial score (nSPS) is 12.8. The molecule has 108 valence electrons. The first kappa shape index (κ1) is 14.3. The van der Waals surface area contributed by atoms with Gasteiger partial charge >= 0.3 is 0 Å². The number of aryl methyl sites for hydroxylation is 2. The molecule has 1 heterocycles. The fourth-order valence-corrected chi connectivity index (χ4v) is 3.19. The van der Waals surface area contributed by atoms with E-state index < -0.39 is 6.10 Å². The Balaban J connectivity index is 1.97. The zero-order chi connectivity index (χ0) is 15.0. The smallest absolute Gasteiger partial charge is 0.0857 e. The number of aromatic nitrogens is 2. The summed E-state index contributed by atoms with van der Waals surface area (Å²) >= 11 is 3.56. The van der Waals surface area contributed by atoms with E-state index in [1.807, 2.05) is 55.1 Å². The second-order valence-electron chi connectivity index (χ2n) is 5.29. The number of hydrogen-bond donors (Lipinski definition) is 1. The van der Waals surface area contributed by atoms with E-state index in [1.54, 1.807) is 0 Å². The zero-order valence-corrected chi connectivity index (χ0v) is 13.6. The van der Waals surface area contributed by atoms with E-state index in [2.05, 4.69) is 27.1 Å². The van der Waals surface area contributed by atoms with Gasteiger partial charge in [0.25, 0.3) is 0 Å². The van der Waals surface area contributed by atoms with Crippen LogP contribution in [0.1, 0.15) is 22.9 Å². The molecule has 0 radical (unpaired) electrons. The molecule has 0 saturated carbocycles. The van der Waals surface area contributed by atoms with Crippen molar-refractivity contribution in [2.45, 2.75) is 19.4 Å². The molecule has 1 N–H and O–H groups in total. The van der Waals surface area contributed by atoms with Crippen LogP contribution in [0.5, 0.6) is 0 Å². The van der Waals surface area contributed by atoms with Crippen LogP contribution in [0.4, 0.5) is 0 Å². The van der Waals surface area contributed by atoms with E-state index in [9.17, 15) is 5.11 Å². The molecular formula is C17H17BrN2O. The van der Waals surface area contributed by atoms with Gasteiger partial charge in [-0.15, -0.1) is 0 Å². The number of aliphatic hydroxyl groups is 1. The molecule has 21 heavy (non-hydrogen) atoms. The summed E-state index contributed by atoms with van der Waals surface area (Å²) in [6.07, 6.45) is -0.0683. The van der Waals surface area contributed by atoms with Gasteiger partial charge in [0.05, 0.1) is 17.3 Å². The van der Waals surface area contributed by atoms with Crippen molar-refractivity contribution < 1.29 is 5.11 Å². The maximum absolute atomic E-state index is 10.6. The lowest BCUT2D eigenvalue weighted by atomic mass is 10.0. The summed E-state index contributed by atoms with van der Waals surface area (Å²) in [6.45, 7) is 2.02. The number of para-hydroxylation sites is 1. The molecule has 2 aromatic carbocycles. The van der Waals surface area contributed by atoms with Crippen LogP contribution in [0.15, 0.2) is 46.9 Å². The zero-order valence-electron chi connectivity index (χ0n) is 12.0. The van der Waals surface area contributed by atoms with E-state index in [-0.39, 0.29) is 0 Å². The Kier molecular flexibility index (Phi) is 3.83. The molecule has 0 aliphatic rings. The summed E-state index contributed by atoms with van der Waals surface area (Å²) in [5, 5.41) is 16.2. The van der Waals surface area contributed by atoms with Gasteiger partial charge in [-0.2, -0.15) is 5.10 Å². The predicted molar refractivity (Wildman–Crippen MR) is 88.3 cm³/mol. The molecule has 4 heteroatoms. The molecule has 0 amide bonds. The number of fused-ring (bicyclic) bond motifs is 1. The third-order valence-corrected chi connectivity index (χ3v) is 4.88. The molecule has 3 nitrogen and oxygen atoms in total. The van der Waals surface area contributed by atoms with Crippen molar-refractivity contribution >= 4 is 26.8 Å². The summed E-state index contributed by atoms with van der Waals surface area (Å²) in [7, 11) is 1.93. The largest absolute Gasteiger partial charge is 0.388 e. The summed E-state index contributed by atoms with van der Waals surface area (Å²) in [5.74, 6) is 0. The van der Waals surface area contributed by atoms with Crippen molar-refractivity contribution in [2.75, 3.05) is 0 Å².